The van der Waals surface area contributed by atoms with E-state index in [-0.39, 0.29) is 33.9 Å². The van der Waals surface area contributed by atoms with Crippen LogP contribution in [0.25, 0.3) is 66.1 Å². The van der Waals surface area contributed by atoms with Crippen LogP contribution in [-0.4, -0.2) is 6.85 Å². The van der Waals surface area contributed by atoms with Gasteiger partial charge in [0.1, 0.15) is 22.3 Å². The lowest BCUT2D eigenvalue weighted by atomic mass is 9.43. The fraction of sp³-hybridized carbons (Fsp3) is 0.250. The zero-order chi connectivity index (χ0) is 60.1. The highest BCUT2D eigenvalue weighted by Crippen LogP contribution is 2.54. The van der Waals surface area contributed by atoms with Crippen LogP contribution < -0.4 is 25.5 Å². The molecule has 428 valence electrons. The van der Waals surface area contributed by atoms with Crippen molar-refractivity contribution < 1.29 is 8.83 Å². The molecule has 0 N–H and O–H groups in total. The molecule has 0 unspecified atom stereocenters. The minimum absolute atomic E-state index is 0.0166. The predicted octanol–water partition coefficient (Wildman–Crippen LogP) is 21.8. The molecule has 14 rings (SSSR count). The second-order valence-corrected chi connectivity index (χ2v) is 29.5. The number of rotatable bonds is 6. The van der Waals surface area contributed by atoms with Crippen LogP contribution in [0.2, 0.25) is 0 Å². The minimum Gasteiger partial charge on any atom is -0.456 e. The number of benzene rings is 10. The summed E-state index contributed by atoms with van der Waals surface area (Å²) in [5.41, 5.74) is 25.5. The third-order valence-corrected chi connectivity index (χ3v) is 18.4. The third-order valence-electron chi connectivity index (χ3n) is 18.4. The molecular formula is C80H78BN3O2. The van der Waals surface area contributed by atoms with Gasteiger partial charge in [0, 0.05) is 84.1 Å². The molecule has 2 aromatic heterocycles. The first kappa shape index (κ1) is 55.2. The van der Waals surface area contributed by atoms with Crippen molar-refractivity contribution in [1.82, 2.24) is 0 Å². The Bertz CT molecular complexity index is 4590. The molecule has 0 saturated heterocycles. The molecule has 12 aromatic rings. The van der Waals surface area contributed by atoms with Crippen LogP contribution in [0.1, 0.15) is 132 Å². The van der Waals surface area contributed by atoms with Crippen LogP contribution in [0, 0.1) is 0 Å². The van der Waals surface area contributed by atoms with Gasteiger partial charge in [-0.1, -0.05) is 207 Å². The second kappa shape index (κ2) is 19.4. The van der Waals surface area contributed by atoms with E-state index in [2.05, 4.69) is 319 Å². The molecule has 86 heavy (non-hydrogen) atoms. The summed E-state index contributed by atoms with van der Waals surface area (Å²) in [6.45, 7) is 34.2. The van der Waals surface area contributed by atoms with Crippen LogP contribution >= 0.6 is 0 Å². The molecule has 0 aliphatic carbocycles. The SMILES string of the molecule is CC(C)(C)c1ccc(N2B3c4cc(C(C)(C)C)ccc4N(c4ccc(C(C)(C)C)cc4-c4ccccc4)c4cc5c(oc6ccccc65)c(c43)-c3cc4c(cc32)oc2ccc(N(c3ccc(C(C)(C)C)cc3)c3ccc(C(C)(C)C)cc3)cc24)cc1. The molecule has 0 saturated carbocycles. The van der Waals surface area contributed by atoms with Gasteiger partial charge in [-0.05, 0) is 162 Å². The molecule has 6 heteroatoms. The standard InChI is InChI=1S/C80H78BN3O2/c1-76(2,3)50-25-33-55(34-26-50)82(56-35-27-51(28-36-56)77(4,5)6)58-39-42-71-61(45-58)62-46-64-68(48-72(62)85-71)84(57-37-29-52(30-38-57)78(7,8)9)81-65-44-54(80(13,14)15)32-41-67(65)83(66-40-31-53(79(10,11)12)43-60(66)49-21-17-16-18-22-49)69-47-63-59-23-19-20-24-70(59)86-75(63)73(64)74(69)81/h16-48H,1-15H3. The number of hydrogen-bond acceptors (Lipinski definition) is 5. The summed E-state index contributed by atoms with van der Waals surface area (Å²) < 4.78 is 14.5. The molecule has 0 atom stereocenters. The Labute approximate surface area is 509 Å². The highest BCUT2D eigenvalue weighted by Gasteiger charge is 2.48. The lowest BCUT2D eigenvalue weighted by Crippen LogP contribution is -2.61. The van der Waals surface area contributed by atoms with Crippen molar-refractivity contribution in [3.8, 4) is 22.3 Å². The van der Waals surface area contributed by atoms with E-state index < -0.39 is 0 Å². The summed E-state index contributed by atoms with van der Waals surface area (Å²) in [6.07, 6.45) is 0. The van der Waals surface area contributed by atoms with Gasteiger partial charge in [0.15, 0.2) is 0 Å². The molecule has 10 aromatic carbocycles. The highest BCUT2D eigenvalue weighted by atomic mass is 16.3. The number of para-hydroxylation sites is 1. The summed E-state index contributed by atoms with van der Waals surface area (Å²) in [5, 5.41) is 4.26. The van der Waals surface area contributed by atoms with E-state index in [1.54, 1.807) is 0 Å². The minimum atomic E-state index is -0.274. The van der Waals surface area contributed by atoms with Crippen molar-refractivity contribution in [2.45, 2.75) is 131 Å². The molecule has 0 fully saturated rings. The van der Waals surface area contributed by atoms with Crippen LogP contribution in [0.3, 0.4) is 0 Å². The van der Waals surface area contributed by atoms with Crippen molar-refractivity contribution in [2.75, 3.05) is 14.6 Å². The topological polar surface area (TPSA) is 36.0 Å². The molecule has 0 spiro atoms. The maximum atomic E-state index is 7.35. The van der Waals surface area contributed by atoms with Gasteiger partial charge in [-0.15, -0.1) is 0 Å². The second-order valence-electron chi connectivity index (χ2n) is 29.5. The fourth-order valence-electron chi connectivity index (χ4n) is 13.4. The van der Waals surface area contributed by atoms with Gasteiger partial charge < -0.3 is 23.4 Å². The van der Waals surface area contributed by atoms with Crippen molar-refractivity contribution in [2.24, 2.45) is 0 Å². The quantitative estimate of drug-likeness (QED) is 0.155. The zero-order valence-electron chi connectivity index (χ0n) is 52.8. The van der Waals surface area contributed by atoms with Crippen LogP contribution in [0.15, 0.2) is 209 Å². The summed E-state index contributed by atoms with van der Waals surface area (Å²) in [4.78, 5) is 7.60. The van der Waals surface area contributed by atoms with E-state index in [1.165, 1.54) is 49.9 Å². The predicted molar refractivity (Wildman–Crippen MR) is 368 cm³/mol. The van der Waals surface area contributed by atoms with Crippen molar-refractivity contribution >= 4 is 107 Å². The van der Waals surface area contributed by atoms with Crippen molar-refractivity contribution in [3.63, 3.8) is 0 Å². The smallest absolute Gasteiger partial charge is 0.333 e. The van der Waals surface area contributed by atoms with Gasteiger partial charge in [-0.2, -0.15) is 0 Å². The Hall–Kier alpha value is -8.74. The lowest BCUT2D eigenvalue weighted by molar-refractivity contribution is 0.590. The average Bonchev–Trinajstić information content (AvgIpc) is 1.24. The molecule has 5 nitrogen and oxygen atoms in total. The third kappa shape index (κ3) is 9.13. The Morgan fingerprint density at radius 1 is 0.349 bits per heavy atom. The lowest BCUT2D eigenvalue weighted by Gasteiger charge is -2.46. The monoisotopic (exact) mass is 1120 g/mol. The Balaban J connectivity index is 1.09. The van der Waals surface area contributed by atoms with E-state index >= 15 is 0 Å². The van der Waals surface area contributed by atoms with Crippen molar-refractivity contribution in [1.29, 1.82) is 0 Å². The van der Waals surface area contributed by atoms with E-state index in [0.717, 1.165) is 101 Å². The van der Waals surface area contributed by atoms with Crippen molar-refractivity contribution in [3.05, 3.63) is 228 Å². The summed E-state index contributed by atoms with van der Waals surface area (Å²) in [7, 11) is 0. The maximum Gasteiger partial charge on any atom is 0.333 e. The molecule has 0 amide bonds. The molecule has 2 aliphatic heterocycles. The fourth-order valence-corrected chi connectivity index (χ4v) is 13.4. The van der Waals surface area contributed by atoms with Gasteiger partial charge >= 0.3 is 6.85 Å². The summed E-state index contributed by atoms with van der Waals surface area (Å²) >= 11 is 0. The first-order valence-electron chi connectivity index (χ1n) is 30.8. The first-order valence-corrected chi connectivity index (χ1v) is 30.8. The number of fused-ring (bicyclic) bond motifs is 11. The van der Waals surface area contributed by atoms with Gasteiger partial charge in [0.05, 0.1) is 5.69 Å². The molecule has 4 heterocycles. The Kier molecular flexibility index (Phi) is 12.4. The van der Waals surface area contributed by atoms with Gasteiger partial charge in [0.25, 0.3) is 0 Å². The van der Waals surface area contributed by atoms with Crippen LogP contribution in [0.5, 0.6) is 0 Å². The van der Waals surface area contributed by atoms with E-state index in [1.807, 2.05) is 0 Å². The summed E-state index contributed by atoms with van der Waals surface area (Å²) in [6, 6.07) is 75.5. The average molecular weight is 1120 g/mol. The zero-order valence-corrected chi connectivity index (χ0v) is 52.8. The first-order chi connectivity index (χ1) is 40.8. The van der Waals surface area contributed by atoms with Gasteiger partial charge in [-0.25, -0.2) is 0 Å². The molecule has 0 radical (unpaired) electrons. The molecule has 0 bridgehead atoms. The number of anilines is 8. The highest BCUT2D eigenvalue weighted by molar-refractivity contribution is 6.94. The maximum absolute atomic E-state index is 7.35. The normalized spacial score (nSPS) is 13.7. The number of nitrogens with zero attached hydrogens (tertiary/aromatic N) is 3. The van der Waals surface area contributed by atoms with Crippen LogP contribution in [0.4, 0.5) is 45.5 Å². The van der Waals surface area contributed by atoms with Gasteiger partial charge in [0.2, 0.25) is 0 Å². The Morgan fingerprint density at radius 3 is 1.47 bits per heavy atom. The van der Waals surface area contributed by atoms with Gasteiger partial charge in [-0.3, -0.25) is 0 Å². The van der Waals surface area contributed by atoms with Crippen LogP contribution in [-0.2, 0) is 27.1 Å². The van der Waals surface area contributed by atoms with E-state index in [0.29, 0.717) is 0 Å². The van der Waals surface area contributed by atoms with E-state index in [4.69, 9.17) is 8.83 Å². The largest absolute Gasteiger partial charge is 0.456 e. The number of furan rings is 2. The number of hydrogen-bond donors (Lipinski definition) is 0. The molecular weight excluding hydrogens is 1050 g/mol. The summed E-state index contributed by atoms with van der Waals surface area (Å²) in [5.74, 6) is 0. The molecule has 2 aliphatic rings. The van der Waals surface area contributed by atoms with E-state index in [9.17, 15) is 0 Å². The Morgan fingerprint density at radius 2 is 0.860 bits per heavy atom.